The summed E-state index contributed by atoms with van der Waals surface area (Å²) in [6.45, 7) is 1.97. The Hall–Kier alpha value is -2.75. The van der Waals surface area contributed by atoms with Crippen molar-refractivity contribution in [2.45, 2.75) is 55.5 Å². The number of fused-ring (bicyclic) bond motifs is 2. The van der Waals surface area contributed by atoms with Crippen molar-refractivity contribution in [3.8, 4) is 0 Å². The van der Waals surface area contributed by atoms with E-state index >= 15 is 0 Å². The summed E-state index contributed by atoms with van der Waals surface area (Å²) in [4.78, 5) is 24.3. The van der Waals surface area contributed by atoms with Crippen LogP contribution >= 0.6 is 11.8 Å². The molecule has 1 saturated carbocycles. The third-order valence-electron chi connectivity index (χ3n) is 5.47. The van der Waals surface area contributed by atoms with Gasteiger partial charge in [0.15, 0.2) is 16.4 Å². The molecule has 3 heterocycles. The number of nitrogens with one attached hydrogen (secondary N) is 1. The zero-order valence-corrected chi connectivity index (χ0v) is 17.0. The van der Waals surface area contributed by atoms with Gasteiger partial charge in [-0.25, -0.2) is 23.4 Å². The van der Waals surface area contributed by atoms with Crippen molar-refractivity contribution in [2.75, 3.05) is 0 Å². The molecule has 1 N–H and O–H groups in total. The molecule has 156 valence electrons. The number of benzene rings is 1. The zero-order valence-electron chi connectivity index (χ0n) is 16.2. The van der Waals surface area contributed by atoms with E-state index < -0.39 is 5.92 Å². The van der Waals surface area contributed by atoms with Crippen molar-refractivity contribution >= 4 is 33.9 Å². The van der Waals surface area contributed by atoms with E-state index in [4.69, 9.17) is 4.42 Å². The lowest BCUT2D eigenvalue weighted by Crippen LogP contribution is -2.27. The Kier molecular flexibility index (Phi) is 4.61. The molecule has 7 nitrogen and oxygen atoms in total. The van der Waals surface area contributed by atoms with Crippen molar-refractivity contribution in [3.05, 3.63) is 46.2 Å². The summed E-state index contributed by atoms with van der Waals surface area (Å²) in [5.74, 6) is -1.69. The highest BCUT2D eigenvalue weighted by Crippen LogP contribution is 2.39. The van der Waals surface area contributed by atoms with Gasteiger partial charge in [-0.15, -0.1) is 0 Å². The molecule has 3 aromatic heterocycles. The predicted molar refractivity (Wildman–Crippen MR) is 109 cm³/mol. The summed E-state index contributed by atoms with van der Waals surface area (Å²) < 4.78 is 34.4. The fourth-order valence-electron chi connectivity index (χ4n) is 3.84. The summed E-state index contributed by atoms with van der Waals surface area (Å²) in [6.07, 6.45) is 1.71. The Morgan fingerprint density at radius 2 is 2.10 bits per heavy atom. The molecule has 1 fully saturated rings. The van der Waals surface area contributed by atoms with Crippen molar-refractivity contribution in [1.82, 2.24) is 24.7 Å². The molecule has 0 saturated heterocycles. The Bertz CT molecular complexity index is 1290. The van der Waals surface area contributed by atoms with Gasteiger partial charge in [-0.05, 0) is 31.4 Å². The number of hydrogen-bond acceptors (Lipinski definition) is 6. The van der Waals surface area contributed by atoms with Crippen molar-refractivity contribution in [3.63, 3.8) is 0 Å². The highest BCUT2D eigenvalue weighted by atomic mass is 32.2. The average molecular weight is 431 g/mol. The highest BCUT2D eigenvalue weighted by Gasteiger charge is 2.36. The van der Waals surface area contributed by atoms with E-state index in [1.165, 1.54) is 18.0 Å². The van der Waals surface area contributed by atoms with Gasteiger partial charge in [-0.1, -0.05) is 23.9 Å². The second-order valence-electron chi connectivity index (χ2n) is 7.60. The third kappa shape index (κ3) is 3.49. The van der Waals surface area contributed by atoms with Crippen molar-refractivity contribution in [1.29, 1.82) is 0 Å². The molecule has 4 aromatic rings. The van der Waals surface area contributed by atoms with Gasteiger partial charge in [0, 0.05) is 12.8 Å². The average Bonchev–Trinajstić information content (AvgIpc) is 3.32. The largest absolute Gasteiger partial charge is 0.440 e. The van der Waals surface area contributed by atoms with Crippen LogP contribution in [0, 0.1) is 6.92 Å². The number of rotatable bonds is 4. The van der Waals surface area contributed by atoms with E-state index in [9.17, 15) is 13.6 Å². The number of aromatic nitrogens is 5. The molecule has 1 aliphatic rings. The Labute approximate surface area is 173 Å². The van der Waals surface area contributed by atoms with Crippen LogP contribution in [0.4, 0.5) is 8.78 Å². The fourth-order valence-corrected chi connectivity index (χ4v) is 4.54. The first kappa shape index (κ1) is 19.2. The predicted octanol–water partition coefficient (Wildman–Crippen LogP) is 4.61. The maximum Gasteiger partial charge on any atom is 0.262 e. The molecule has 0 aliphatic heterocycles. The van der Waals surface area contributed by atoms with Gasteiger partial charge in [0.05, 0.1) is 18.0 Å². The summed E-state index contributed by atoms with van der Waals surface area (Å²) in [5, 5.41) is 5.04. The number of thioether (sulfide) groups is 1. The lowest BCUT2D eigenvalue weighted by molar-refractivity contribution is -0.0446. The Balaban J connectivity index is 1.41. The molecule has 10 heteroatoms. The standard InChI is InChI=1S/C20H19F2N5O2S/c1-11-3-2-4-14-16(11)24-15(29-14)10-30-19-25-17-13(18(28)26-19)9-23-27(17)12-5-7-20(21,22)8-6-12/h2-4,9,12H,5-8,10H2,1H3,(H,25,26,28). The van der Waals surface area contributed by atoms with Crippen molar-refractivity contribution < 1.29 is 13.2 Å². The molecule has 0 bridgehead atoms. The molecule has 0 amide bonds. The number of alkyl halides is 2. The van der Waals surface area contributed by atoms with Gasteiger partial charge in [-0.2, -0.15) is 5.10 Å². The minimum Gasteiger partial charge on any atom is -0.440 e. The normalized spacial score (nSPS) is 17.2. The van der Waals surface area contributed by atoms with Crippen LogP contribution in [0.2, 0.25) is 0 Å². The lowest BCUT2D eigenvalue weighted by atomic mass is 9.92. The quantitative estimate of drug-likeness (QED) is 0.375. The van der Waals surface area contributed by atoms with Gasteiger partial charge < -0.3 is 9.40 Å². The Morgan fingerprint density at radius 1 is 1.30 bits per heavy atom. The SMILES string of the molecule is Cc1cccc2oc(CSc3nc4c(cnn4C4CCC(F)(F)CC4)c(=O)[nH]3)nc12. The van der Waals surface area contributed by atoms with E-state index in [0.29, 0.717) is 40.7 Å². The molecule has 1 aliphatic carbocycles. The van der Waals surface area contributed by atoms with Gasteiger partial charge in [0.1, 0.15) is 10.9 Å². The molecule has 1 aromatic carbocycles. The number of para-hydroxylation sites is 1. The summed E-state index contributed by atoms with van der Waals surface area (Å²) >= 11 is 1.30. The smallest absolute Gasteiger partial charge is 0.262 e. The first-order valence-electron chi connectivity index (χ1n) is 9.73. The zero-order chi connectivity index (χ0) is 20.9. The molecule has 0 spiro atoms. The van der Waals surface area contributed by atoms with E-state index in [-0.39, 0.29) is 24.4 Å². The van der Waals surface area contributed by atoms with Gasteiger partial charge in [0.25, 0.3) is 5.56 Å². The van der Waals surface area contributed by atoms with E-state index in [1.54, 1.807) is 4.68 Å². The molecular formula is C20H19F2N5O2S. The number of H-pyrrole nitrogens is 1. The molecule has 0 radical (unpaired) electrons. The van der Waals surface area contributed by atoms with Crippen LogP contribution in [0.1, 0.15) is 43.2 Å². The van der Waals surface area contributed by atoms with Gasteiger partial charge in [-0.3, -0.25) is 4.79 Å². The van der Waals surface area contributed by atoms with E-state index in [2.05, 4.69) is 20.1 Å². The number of aryl methyl sites for hydroxylation is 1. The summed E-state index contributed by atoms with van der Waals surface area (Å²) in [6, 6.07) is 5.56. The number of halogens is 2. The van der Waals surface area contributed by atoms with Crippen LogP contribution in [-0.4, -0.2) is 30.7 Å². The summed E-state index contributed by atoms with van der Waals surface area (Å²) in [7, 11) is 0. The highest BCUT2D eigenvalue weighted by molar-refractivity contribution is 7.98. The van der Waals surface area contributed by atoms with Crippen LogP contribution in [0.5, 0.6) is 0 Å². The van der Waals surface area contributed by atoms with Crippen LogP contribution in [0.3, 0.4) is 0 Å². The van der Waals surface area contributed by atoms with Crippen LogP contribution in [-0.2, 0) is 5.75 Å². The van der Waals surface area contributed by atoms with Crippen LogP contribution in [0.15, 0.2) is 38.8 Å². The van der Waals surface area contributed by atoms with E-state index in [1.807, 2.05) is 25.1 Å². The van der Waals surface area contributed by atoms with E-state index in [0.717, 1.165) is 16.7 Å². The molecule has 30 heavy (non-hydrogen) atoms. The van der Waals surface area contributed by atoms with Crippen LogP contribution < -0.4 is 5.56 Å². The van der Waals surface area contributed by atoms with Gasteiger partial charge >= 0.3 is 0 Å². The maximum absolute atomic E-state index is 13.5. The monoisotopic (exact) mass is 431 g/mol. The number of aromatic amines is 1. The topological polar surface area (TPSA) is 89.6 Å². The van der Waals surface area contributed by atoms with Gasteiger partial charge in [0.2, 0.25) is 11.8 Å². The molecule has 0 unspecified atom stereocenters. The number of oxazole rings is 1. The summed E-state index contributed by atoms with van der Waals surface area (Å²) in [5.41, 5.74) is 2.68. The first-order chi connectivity index (χ1) is 14.4. The third-order valence-corrected chi connectivity index (χ3v) is 6.33. The Morgan fingerprint density at radius 3 is 2.87 bits per heavy atom. The molecule has 5 rings (SSSR count). The van der Waals surface area contributed by atoms with Crippen molar-refractivity contribution in [2.24, 2.45) is 0 Å². The minimum atomic E-state index is -2.62. The molecule has 0 atom stereocenters. The first-order valence-corrected chi connectivity index (χ1v) is 10.7. The number of nitrogens with zero attached hydrogens (tertiary/aromatic N) is 4. The molecular weight excluding hydrogens is 412 g/mol. The second kappa shape index (κ2) is 7.19. The minimum absolute atomic E-state index is 0.180. The van der Waals surface area contributed by atoms with Crippen LogP contribution in [0.25, 0.3) is 22.1 Å². The fraction of sp³-hybridized carbons (Fsp3) is 0.400. The maximum atomic E-state index is 13.5. The number of hydrogen-bond donors (Lipinski definition) is 1. The lowest BCUT2D eigenvalue weighted by Gasteiger charge is -2.28. The second-order valence-corrected chi connectivity index (χ2v) is 8.57.